The number of carbonyl (C=O) groups is 1. The maximum atomic E-state index is 12.4. The van der Waals surface area contributed by atoms with Crippen LogP contribution in [0.2, 0.25) is 0 Å². The Hall–Kier alpha value is -3.45. The summed E-state index contributed by atoms with van der Waals surface area (Å²) in [6, 6.07) is 15.3. The molecule has 1 saturated heterocycles. The molecule has 0 spiro atoms. The van der Waals surface area contributed by atoms with E-state index in [0.717, 1.165) is 16.7 Å². The Balaban J connectivity index is 1.58. The van der Waals surface area contributed by atoms with Crippen molar-refractivity contribution in [3.05, 3.63) is 58.6 Å². The lowest BCUT2D eigenvalue weighted by molar-refractivity contribution is -0.154. The van der Waals surface area contributed by atoms with Gasteiger partial charge >= 0.3 is 5.76 Å². The molecule has 2 unspecified atom stereocenters. The van der Waals surface area contributed by atoms with E-state index in [1.54, 1.807) is 20.0 Å². The number of β-amino-alcohol motifs (C(OH)–C–C–N with tert-alkyl or cyclic N) is 1. The first-order valence-corrected chi connectivity index (χ1v) is 10.6. The summed E-state index contributed by atoms with van der Waals surface area (Å²) in [7, 11) is 1.65. The van der Waals surface area contributed by atoms with Crippen LogP contribution in [-0.4, -0.2) is 46.5 Å². The number of hydrogen-bond acceptors (Lipinski definition) is 7. The third kappa shape index (κ3) is 4.28. The number of nitrogens with two attached hydrogens (primary N) is 1. The Morgan fingerprint density at radius 2 is 1.97 bits per heavy atom. The fourth-order valence-electron chi connectivity index (χ4n) is 4.15. The predicted molar refractivity (Wildman–Crippen MR) is 121 cm³/mol. The van der Waals surface area contributed by atoms with Crippen molar-refractivity contribution in [1.82, 2.24) is 9.88 Å². The second-order valence-electron chi connectivity index (χ2n) is 8.84. The van der Waals surface area contributed by atoms with Crippen molar-refractivity contribution in [2.45, 2.75) is 24.5 Å². The number of rotatable bonds is 5. The molecule has 9 heteroatoms. The van der Waals surface area contributed by atoms with E-state index in [1.165, 1.54) is 4.57 Å². The van der Waals surface area contributed by atoms with Gasteiger partial charge in [0.25, 0.3) is 5.91 Å². The zero-order chi connectivity index (χ0) is 23.8. The van der Waals surface area contributed by atoms with Gasteiger partial charge in [0.15, 0.2) is 11.2 Å². The molecule has 4 N–H and O–H groups in total. The average Bonchev–Trinajstić information content (AvgIpc) is 2.96. The number of nitrogens with zero attached hydrogens (tertiary/aromatic N) is 2. The number of aryl methyl sites for hydroxylation is 1. The highest BCUT2D eigenvalue weighted by Gasteiger charge is 2.48. The molecule has 1 aliphatic heterocycles. The number of fused-ring (bicyclic) bond motifs is 1. The minimum atomic E-state index is -1.55. The monoisotopic (exact) mass is 450 g/mol. The van der Waals surface area contributed by atoms with Crippen LogP contribution >= 0.6 is 0 Å². The Morgan fingerprint density at radius 3 is 2.64 bits per heavy atom. The maximum absolute atomic E-state index is 12.4. The van der Waals surface area contributed by atoms with Crippen LogP contribution < -0.4 is 16.8 Å². The van der Waals surface area contributed by atoms with Crippen molar-refractivity contribution in [1.29, 1.82) is 5.26 Å². The van der Waals surface area contributed by atoms with Crippen molar-refractivity contribution in [2.24, 2.45) is 18.7 Å². The lowest BCUT2D eigenvalue weighted by Crippen LogP contribution is -2.57. The van der Waals surface area contributed by atoms with E-state index in [-0.39, 0.29) is 26.1 Å². The first-order chi connectivity index (χ1) is 15.6. The van der Waals surface area contributed by atoms with Gasteiger partial charge in [-0.2, -0.15) is 5.26 Å². The van der Waals surface area contributed by atoms with Gasteiger partial charge in [-0.25, -0.2) is 4.79 Å². The summed E-state index contributed by atoms with van der Waals surface area (Å²) < 4.78 is 12.4. The number of amides is 1. The van der Waals surface area contributed by atoms with Crippen LogP contribution in [0.3, 0.4) is 0 Å². The second kappa shape index (κ2) is 8.48. The van der Waals surface area contributed by atoms with Gasteiger partial charge in [0.2, 0.25) is 0 Å². The summed E-state index contributed by atoms with van der Waals surface area (Å²) >= 11 is 0. The van der Waals surface area contributed by atoms with Gasteiger partial charge in [0.1, 0.15) is 0 Å². The summed E-state index contributed by atoms with van der Waals surface area (Å²) in [5.41, 5.74) is 6.85. The molecule has 1 aromatic heterocycles. The highest BCUT2D eigenvalue weighted by Crippen LogP contribution is 2.30. The predicted octanol–water partition coefficient (Wildman–Crippen LogP) is 1.08. The van der Waals surface area contributed by atoms with Gasteiger partial charge in [0.05, 0.1) is 29.7 Å². The molecule has 0 radical (unpaired) electrons. The molecule has 1 amide bonds. The molecule has 4 rings (SSSR count). The van der Waals surface area contributed by atoms with Crippen LogP contribution in [0.4, 0.5) is 0 Å². The Morgan fingerprint density at radius 1 is 1.27 bits per heavy atom. The zero-order valence-electron chi connectivity index (χ0n) is 18.5. The normalized spacial score (nSPS) is 24.2. The molecule has 0 bridgehead atoms. The second-order valence-corrected chi connectivity index (χ2v) is 8.84. The maximum Gasteiger partial charge on any atom is 0.419 e. The molecule has 9 nitrogen and oxygen atoms in total. The lowest BCUT2D eigenvalue weighted by atomic mass is 9.82. The van der Waals surface area contributed by atoms with E-state index in [9.17, 15) is 20.0 Å². The molecular weight excluding hydrogens is 424 g/mol. The van der Waals surface area contributed by atoms with E-state index in [4.69, 9.17) is 14.9 Å². The number of nitriles is 1. The van der Waals surface area contributed by atoms with Crippen molar-refractivity contribution < 1.29 is 19.1 Å². The van der Waals surface area contributed by atoms with Crippen LogP contribution in [0.15, 0.2) is 51.7 Å². The quantitative estimate of drug-likeness (QED) is 0.528. The number of hydrogen-bond donors (Lipinski definition) is 3. The van der Waals surface area contributed by atoms with E-state index in [1.807, 2.05) is 36.4 Å². The third-order valence-corrected chi connectivity index (χ3v) is 6.19. The van der Waals surface area contributed by atoms with Gasteiger partial charge < -0.3 is 25.3 Å². The zero-order valence-corrected chi connectivity index (χ0v) is 18.5. The number of aliphatic hydroxyl groups is 1. The highest BCUT2D eigenvalue weighted by molar-refractivity contribution is 5.85. The summed E-state index contributed by atoms with van der Waals surface area (Å²) in [5.74, 6) is -2.01. The number of oxazole rings is 1. The van der Waals surface area contributed by atoms with Crippen LogP contribution in [0, 0.1) is 17.2 Å². The third-order valence-electron chi connectivity index (χ3n) is 6.19. The number of nitrogens with one attached hydrogen (secondary N) is 1. The Labute approximate surface area is 190 Å². The fourth-order valence-corrected chi connectivity index (χ4v) is 4.15. The number of ether oxygens (including phenoxy) is 1. The van der Waals surface area contributed by atoms with Gasteiger partial charge in [-0.05, 0) is 42.2 Å². The summed E-state index contributed by atoms with van der Waals surface area (Å²) in [6.07, 6.45) is 0.249. The topological polar surface area (TPSA) is 144 Å². The Bertz CT molecular complexity index is 1280. The van der Waals surface area contributed by atoms with Gasteiger partial charge in [0, 0.05) is 20.1 Å². The lowest BCUT2D eigenvalue weighted by Gasteiger charge is -2.33. The van der Waals surface area contributed by atoms with E-state index in [2.05, 4.69) is 11.4 Å². The summed E-state index contributed by atoms with van der Waals surface area (Å²) in [4.78, 5) is 24.1. The van der Waals surface area contributed by atoms with E-state index in [0.29, 0.717) is 11.1 Å². The molecule has 2 heterocycles. The van der Waals surface area contributed by atoms with Crippen LogP contribution in [0.5, 0.6) is 0 Å². The molecule has 0 saturated carbocycles. The van der Waals surface area contributed by atoms with Crippen molar-refractivity contribution in [3.8, 4) is 17.2 Å². The number of primary amides is 1. The van der Waals surface area contributed by atoms with Crippen LogP contribution in [0.1, 0.15) is 12.5 Å². The van der Waals surface area contributed by atoms with E-state index < -0.39 is 28.8 Å². The smallest absolute Gasteiger partial charge is 0.408 e. The molecule has 3 atom stereocenters. The van der Waals surface area contributed by atoms with Crippen molar-refractivity contribution >= 4 is 17.0 Å². The van der Waals surface area contributed by atoms with Crippen molar-refractivity contribution in [2.75, 3.05) is 19.7 Å². The first-order valence-electron chi connectivity index (χ1n) is 10.6. The molecule has 33 heavy (non-hydrogen) atoms. The first kappa shape index (κ1) is 22.7. The van der Waals surface area contributed by atoms with Gasteiger partial charge in [-0.1, -0.05) is 30.3 Å². The molecule has 0 aliphatic carbocycles. The largest absolute Gasteiger partial charge is 0.419 e. The molecule has 172 valence electrons. The number of carbonyl (C=O) groups excluding carboxylic acids is 1. The number of benzene rings is 2. The molecule has 1 aliphatic rings. The summed E-state index contributed by atoms with van der Waals surface area (Å²) in [5, 5.41) is 23.2. The van der Waals surface area contributed by atoms with Crippen molar-refractivity contribution in [3.63, 3.8) is 0 Å². The van der Waals surface area contributed by atoms with Gasteiger partial charge in [-0.15, -0.1) is 0 Å². The van der Waals surface area contributed by atoms with E-state index >= 15 is 0 Å². The highest BCUT2D eigenvalue weighted by atomic mass is 16.5. The average molecular weight is 450 g/mol. The minimum Gasteiger partial charge on any atom is -0.408 e. The van der Waals surface area contributed by atoms with Gasteiger partial charge in [-0.3, -0.25) is 9.36 Å². The Kier molecular flexibility index (Phi) is 5.84. The fraction of sp³-hybridized carbons (Fsp3) is 0.375. The molecule has 1 fully saturated rings. The molecule has 3 aromatic rings. The number of aromatic nitrogens is 1. The molecular formula is C24H26N4O5. The molecule has 2 aromatic carbocycles. The minimum absolute atomic E-state index is 0.0399. The van der Waals surface area contributed by atoms with Crippen LogP contribution in [0.25, 0.3) is 22.2 Å². The standard InChI is InChI=1S/C24H26N4O5/c1-23(31)12-27-13-24(21(26)29,32-14-23)18(11-25)9-15-3-5-16(6-4-15)17-7-8-20-19(10-17)28(2)22(30)33-20/h3-8,10,18,27,31H,9,12-14H2,1-2H3,(H2,26,29)/t18-,23?,24?/m0/s1. The van der Waals surface area contributed by atoms with Crippen LogP contribution in [-0.2, 0) is 23.0 Å². The SMILES string of the molecule is Cn1c(=O)oc2ccc(-c3ccc(C[C@@H](C#N)C4(C(N)=O)CNCC(C)(O)CO4)cc3)cc21. The summed E-state index contributed by atoms with van der Waals surface area (Å²) in [6.45, 7) is 1.74.